The molecule has 1 aromatic heterocycles. The molecule has 0 spiro atoms. The molecule has 1 unspecified atom stereocenters. The Balaban J connectivity index is 2.18. The Morgan fingerprint density at radius 2 is 1.95 bits per heavy atom. The molecule has 2 rings (SSSR count). The normalized spacial score (nSPS) is 12.2. The fraction of sp³-hybridized carbons (Fsp3) is 0.353. The van der Waals surface area contributed by atoms with Gasteiger partial charge in [0.15, 0.2) is 0 Å². The lowest BCUT2D eigenvalue weighted by Crippen LogP contribution is -2.22. The Morgan fingerprint density at radius 3 is 2.57 bits per heavy atom. The van der Waals surface area contributed by atoms with Crippen molar-refractivity contribution in [2.45, 2.75) is 26.4 Å². The Labute approximate surface area is 125 Å². The molecule has 0 aliphatic carbocycles. The van der Waals surface area contributed by atoms with Crippen LogP contribution in [0, 0.1) is 12.7 Å². The molecule has 2 aromatic rings. The highest BCUT2D eigenvalue weighted by atomic mass is 19.1. The lowest BCUT2D eigenvalue weighted by molar-refractivity contribution is 0.199. The molecule has 0 aliphatic heterocycles. The quantitative estimate of drug-likeness (QED) is 0.917. The first-order chi connectivity index (χ1) is 9.99. The fourth-order valence-corrected chi connectivity index (χ4v) is 2.31. The fourth-order valence-electron chi connectivity index (χ4n) is 2.31. The van der Waals surface area contributed by atoms with Crippen LogP contribution in [0.15, 0.2) is 36.7 Å². The Morgan fingerprint density at radius 1 is 1.29 bits per heavy atom. The summed E-state index contributed by atoms with van der Waals surface area (Å²) in [5.74, 6) is -0.280. The summed E-state index contributed by atoms with van der Waals surface area (Å²) in [7, 11) is 1.96. The van der Waals surface area contributed by atoms with E-state index in [9.17, 15) is 9.50 Å². The maximum atomic E-state index is 13.7. The summed E-state index contributed by atoms with van der Waals surface area (Å²) < 4.78 is 13.7. The minimum Gasteiger partial charge on any atom is -0.389 e. The van der Waals surface area contributed by atoms with E-state index in [4.69, 9.17) is 0 Å². The number of hydrogen-bond acceptors (Lipinski definition) is 3. The SMILES string of the molecule is Cc1cc(N(C)CCc2ccncc2)c(C(C)O)cc1F. The zero-order valence-corrected chi connectivity index (χ0v) is 12.7. The van der Waals surface area contributed by atoms with Crippen molar-refractivity contribution in [3.8, 4) is 0 Å². The van der Waals surface area contributed by atoms with Crippen molar-refractivity contribution in [2.24, 2.45) is 0 Å². The van der Waals surface area contributed by atoms with Gasteiger partial charge in [0.1, 0.15) is 5.82 Å². The molecule has 0 saturated heterocycles. The molecule has 4 heteroatoms. The summed E-state index contributed by atoms with van der Waals surface area (Å²) in [6.45, 7) is 4.18. The number of aryl methyl sites for hydroxylation is 1. The van der Waals surface area contributed by atoms with E-state index in [0.29, 0.717) is 11.1 Å². The number of hydrogen-bond donors (Lipinski definition) is 1. The molecule has 0 amide bonds. The Hall–Kier alpha value is -1.94. The van der Waals surface area contributed by atoms with Crippen LogP contribution in [0.3, 0.4) is 0 Å². The number of rotatable bonds is 5. The minimum absolute atomic E-state index is 0.280. The van der Waals surface area contributed by atoms with Crippen LogP contribution in [0.25, 0.3) is 0 Å². The summed E-state index contributed by atoms with van der Waals surface area (Å²) in [6, 6.07) is 7.20. The van der Waals surface area contributed by atoms with Gasteiger partial charge in [-0.1, -0.05) is 0 Å². The van der Waals surface area contributed by atoms with E-state index in [-0.39, 0.29) is 5.82 Å². The molecule has 0 radical (unpaired) electrons. The summed E-state index contributed by atoms with van der Waals surface area (Å²) in [6.07, 6.45) is 3.73. The van der Waals surface area contributed by atoms with Gasteiger partial charge in [0.05, 0.1) is 6.10 Å². The maximum absolute atomic E-state index is 13.7. The van der Waals surface area contributed by atoms with Crippen molar-refractivity contribution in [3.05, 3.63) is 59.2 Å². The number of likely N-dealkylation sites (N-methyl/N-ethyl adjacent to an activating group) is 1. The second kappa shape index (κ2) is 6.68. The number of pyridine rings is 1. The molecule has 1 heterocycles. The number of halogens is 1. The first-order valence-electron chi connectivity index (χ1n) is 7.07. The highest BCUT2D eigenvalue weighted by Crippen LogP contribution is 2.28. The van der Waals surface area contributed by atoms with E-state index < -0.39 is 6.10 Å². The van der Waals surface area contributed by atoms with E-state index >= 15 is 0 Å². The second-order valence-corrected chi connectivity index (χ2v) is 5.36. The van der Waals surface area contributed by atoms with Crippen LogP contribution >= 0.6 is 0 Å². The molecular formula is C17H21FN2O. The van der Waals surface area contributed by atoms with E-state index in [1.54, 1.807) is 32.3 Å². The van der Waals surface area contributed by atoms with Crippen LogP contribution in [0.5, 0.6) is 0 Å². The number of nitrogens with zero attached hydrogens (tertiary/aromatic N) is 2. The molecule has 1 N–H and O–H groups in total. The Bertz CT molecular complexity index is 599. The minimum atomic E-state index is -0.696. The van der Waals surface area contributed by atoms with Crippen molar-refractivity contribution >= 4 is 5.69 Å². The van der Waals surface area contributed by atoms with Crippen molar-refractivity contribution in [1.82, 2.24) is 4.98 Å². The van der Waals surface area contributed by atoms with E-state index in [1.807, 2.05) is 19.2 Å². The second-order valence-electron chi connectivity index (χ2n) is 5.36. The third-order valence-electron chi connectivity index (χ3n) is 3.65. The van der Waals surface area contributed by atoms with Gasteiger partial charge in [0, 0.05) is 37.2 Å². The molecule has 0 bridgehead atoms. The lowest BCUT2D eigenvalue weighted by Gasteiger charge is -2.24. The van der Waals surface area contributed by atoms with Gasteiger partial charge in [-0.05, 0) is 55.7 Å². The van der Waals surface area contributed by atoms with Crippen LogP contribution in [0.4, 0.5) is 10.1 Å². The smallest absolute Gasteiger partial charge is 0.126 e. The summed E-state index contributed by atoms with van der Waals surface area (Å²) in [5.41, 5.74) is 3.28. The highest BCUT2D eigenvalue weighted by Gasteiger charge is 2.14. The molecule has 0 fully saturated rings. The maximum Gasteiger partial charge on any atom is 0.126 e. The monoisotopic (exact) mass is 288 g/mol. The summed E-state index contributed by atoms with van der Waals surface area (Å²) >= 11 is 0. The average molecular weight is 288 g/mol. The molecule has 1 aromatic carbocycles. The molecular weight excluding hydrogens is 267 g/mol. The van der Waals surface area contributed by atoms with Crippen molar-refractivity contribution in [3.63, 3.8) is 0 Å². The van der Waals surface area contributed by atoms with Gasteiger partial charge in [-0.3, -0.25) is 4.98 Å². The highest BCUT2D eigenvalue weighted by molar-refractivity contribution is 5.56. The largest absolute Gasteiger partial charge is 0.389 e. The van der Waals surface area contributed by atoms with Gasteiger partial charge in [-0.15, -0.1) is 0 Å². The van der Waals surface area contributed by atoms with Gasteiger partial charge in [-0.25, -0.2) is 4.39 Å². The predicted molar refractivity (Wildman–Crippen MR) is 83.0 cm³/mol. The first-order valence-corrected chi connectivity index (χ1v) is 7.07. The number of anilines is 1. The average Bonchev–Trinajstić information content (AvgIpc) is 2.48. The van der Waals surface area contributed by atoms with Gasteiger partial charge in [0.25, 0.3) is 0 Å². The predicted octanol–water partition coefficient (Wildman–Crippen LogP) is 3.26. The zero-order chi connectivity index (χ0) is 15.4. The topological polar surface area (TPSA) is 36.4 Å². The van der Waals surface area contributed by atoms with Crippen LogP contribution < -0.4 is 4.90 Å². The first kappa shape index (κ1) is 15.4. The number of aliphatic hydroxyl groups excluding tert-OH is 1. The van der Waals surface area contributed by atoms with E-state index in [1.165, 1.54) is 11.6 Å². The molecule has 1 atom stereocenters. The molecule has 0 saturated carbocycles. The van der Waals surface area contributed by atoms with E-state index in [2.05, 4.69) is 9.88 Å². The number of benzene rings is 1. The number of aliphatic hydroxyl groups is 1. The number of aromatic nitrogens is 1. The van der Waals surface area contributed by atoms with Gasteiger partial charge in [-0.2, -0.15) is 0 Å². The zero-order valence-electron chi connectivity index (χ0n) is 12.7. The van der Waals surface area contributed by atoms with Gasteiger partial charge in [0.2, 0.25) is 0 Å². The van der Waals surface area contributed by atoms with E-state index in [0.717, 1.165) is 18.7 Å². The van der Waals surface area contributed by atoms with Crippen LogP contribution in [-0.4, -0.2) is 23.7 Å². The van der Waals surface area contributed by atoms with Crippen molar-refractivity contribution < 1.29 is 9.50 Å². The Kier molecular flexibility index (Phi) is 4.91. The van der Waals surface area contributed by atoms with Crippen molar-refractivity contribution in [2.75, 3.05) is 18.5 Å². The van der Waals surface area contributed by atoms with Crippen LogP contribution in [0.1, 0.15) is 29.7 Å². The lowest BCUT2D eigenvalue weighted by atomic mass is 10.0. The summed E-state index contributed by atoms with van der Waals surface area (Å²) in [5, 5.41) is 9.85. The molecule has 21 heavy (non-hydrogen) atoms. The molecule has 0 aliphatic rings. The van der Waals surface area contributed by atoms with Gasteiger partial charge >= 0.3 is 0 Å². The van der Waals surface area contributed by atoms with Crippen molar-refractivity contribution in [1.29, 1.82) is 0 Å². The van der Waals surface area contributed by atoms with Gasteiger partial charge < -0.3 is 10.0 Å². The third kappa shape index (κ3) is 3.79. The summed E-state index contributed by atoms with van der Waals surface area (Å²) in [4.78, 5) is 6.05. The van der Waals surface area contributed by atoms with Crippen LogP contribution in [0.2, 0.25) is 0 Å². The van der Waals surface area contributed by atoms with Crippen LogP contribution in [-0.2, 0) is 6.42 Å². The third-order valence-corrected chi connectivity index (χ3v) is 3.65. The molecule has 3 nitrogen and oxygen atoms in total. The molecule has 112 valence electrons. The standard InChI is InChI=1S/C17H21FN2O/c1-12-10-17(15(13(2)21)11-16(12)18)20(3)9-6-14-4-7-19-8-5-14/h4-5,7-8,10-11,13,21H,6,9H2,1-3H3.